The zero-order valence-corrected chi connectivity index (χ0v) is 12.9. The van der Waals surface area contributed by atoms with E-state index in [1.54, 1.807) is 18.5 Å². The summed E-state index contributed by atoms with van der Waals surface area (Å²) in [5.74, 6) is -0.266. The lowest BCUT2D eigenvalue weighted by molar-refractivity contribution is -0.121. The van der Waals surface area contributed by atoms with Gasteiger partial charge in [0.05, 0.1) is 17.4 Å². The SMILES string of the molecule is CCCNc1cnccc1C(=O)NCCC(=O)NC(C)C. The quantitative estimate of drug-likeness (QED) is 0.679. The van der Waals surface area contributed by atoms with Crippen molar-refractivity contribution in [3.63, 3.8) is 0 Å². The van der Waals surface area contributed by atoms with Crippen molar-refractivity contribution in [1.82, 2.24) is 15.6 Å². The summed E-state index contributed by atoms with van der Waals surface area (Å²) in [6.07, 6.45) is 4.45. The van der Waals surface area contributed by atoms with E-state index < -0.39 is 0 Å². The molecule has 0 radical (unpaired) electrons. The Hall–Kier alpha value is -2.11. The van der Waals surface area contributed by atoms with E-state index in [1.807, 2.05) is 13.8 Å². The number of nitrogens with zero attached hydrogens (tertiary/aromatic N) is 1. The first kappa shape index (κ1) is 16.9. The van der Waals surface area contributed by atoms with Gasteiger partial charge in [-0.2, -0.15) is 0 Å². The Bertz CT molecular complexity index is 474. The molecule has 6 nitrogen and oxygen atoms in total. The maximum atomic E-state index is 12.1. The average Bonchev–Trinajstić information content (AvgIpc) is 2.44. The van der Waals surface area contributed by atoms with Crippen molar-refractivity contribution in [1.29, 1.82) is 0 Å². The molecule has 0 atom stereocenters. The van der Waals surface area contributed by atoms with Crippen LogP contribution in [0.15, 0.2) is 18.5 Å². The van der Waals surface area contributed by atoms with Gasteiger partial charge in [-0.1, -0.05) is 6.92 Å². The minimum atomic E-state index is -0.201. The zero-order chi connectivity index (χ0) is 15.7. The maximum absolute atomic E-state index is 12.1. The maximum Gasteiger partial charge on any atom is 0.253 e. The predicted octanol–water partition coefficient (Wildman–Crippen LogP) is 1.55. The largest absolute Gasteiger partial charge is 0.383 e. The number of carbonyl (C=O) groups is 2. The van der Waals surface area contributed by atoms with E-state index in [-0.39, 0.29) is 24.3 Å². The fraction of sp³-hybridized carbons (Fsp3) is 0.533. The number of hydrogen-bond acceptors (Lipinski definition) is 4. The van der Waals surface area contributed by atoms with E-state index in [2.05, 4.69) is 27.9 Å². The minimum absolute atomic E-state index is 0.0654. The Labute approximate surface area is 125 Å². The number of amides is 2. The van der Waals surface area contributed by atoms with Gasteiger partial charge in [-0.25, -0.2) is 0 Å². The van der Waals surface area contributed by atoms with Gasteiger partial charge in [0.2, 0.25) is 5.91 Å². The third-order valence-corrected chi connectivity index (χ3v) is 2.72. The summed E-state index contributed by atoms with van der Waals surface area (Å²) in [7, 11) is 0. The molecule has 21 heavy (non-hydrogen) atoms. The molecule has 0 saturated carbocycles. The standard InChI is InChI=1S/C15H24N4O2/c1-4-7-17-13-10-16-8-5-12(13)15(21)18-9-6-14(20)19-11(2)3/h5,8,10-11,17H,4,6-7,9H2,1-3H3,(H,18,21)(H,19,20). The van der Waals surface area contributed by atoms with Crippen molar-refractivity contribution >= 4 is 17.5 Å². The Morgan fingerprint density at radius 1 is 1.29 bits per heavy atom. The summed E-state index contributed by atoms with van der Waals surface area (Å²) in [5.41, 5.74) is 1.26. The Balaban J connectivity index is 2.50. The van der Waals surface area contributed by atoms with Gasteiger partial charge in [-0.3, -0.25) is 14.6 Å². The topological polar surface area (TPSA) is 83.1 Å². The fourth-order valence-corrected chi connectivity index (χ4v) is 1.77. The molecule has 0 aliphatic heterocycles. The van der Waals surface area contributed by atoms with Gasteiger partial charge in [0.25, 0.3) is 5.91 Å². The molecule has 0 saturated heterocycles. The van der Waals surface area contributed by atoms with Crippen LogP contribution >= 0.6 is 0 Å². The van der Waals surface area contributed by atoms with Crippen molar-refractivity contribution in [2.24, 2.45) is 0 Å². The number of aromatic nitrogens is 1. The molecule has 1 aromatic rings. The molecule has 0 bridgehead atoms. The van der Waals surface area contributed by atoms with Crippen LogP contribution in [0.4, 0.5) is 5.69 Å². The van der Waals surface area contributed by atoms with E-state index in [0.29, 0.717) is 17.8 Å². The van der Waals surface area contributed by atoms with Gasteiger partial charge in [-0.15, -0.1) is 0 Å². The molecule has 1 rings (SSSR count). The third-order valence-electron chi connectivity index (χ3n) is 2.72. The van der Waals surface area contributed by atoms with Gasteiger partial charge in [0.15, 0.2) is 0 Å². The van der Waals surface area contributed by atoms with E-state index in [4.69, 9.17) is 0 Å². The van der Waals surface area contributed by atoms with Gasteiger partial charge in [0, 0.05) is 31.7 Å². The molecule has 0 fully saturated rings. The van der Waals surface area contributed by atoms with E-state index >= 15 is 0 Å². The van der Waals surface area contributed by atoms with Gasteiger partial charge < -0.3 is 16.0 Å². The zero-order valence-electron chi connectivity index (χ0n) is 12.9. The second-order valence-corrected chi connectivity index (χ2v) is 5.08. The molecule has 1 aromatic heterocycles. The van der Waals surface area contributed by atoms with Gasteiger partial charge in [0.1, 0.15) is 0 Å². The Kier molecular flexibility index (Phi) is 7.21. The fourth-order valence-electron chi connectivity index (χ4n) is 1.77. The number of anilines is 1. The molecule has 116 valence electrons. The first-order chi connectivity index (χ1) is 10.0. The second-order valence-electron chi connectivity index (χ2n) is 5.08. The van der Waals surface area contributed by atoms with Crippen molar-refractivity contribution in [2.75, 3.05) is 18.4 Å². The highest BCUT2D eigenvalue weighted by Gasteiger charge is 2.11. The number of carbonyl (C=O) groups excluding carboxylic acids is 2. The molecule has 6 heteroatoms. The van der Waals surface area contributed by atoms with Crippen LogP contribution in [-0.2, 0) is 4.79 Å². The minimum Gasteiger partial charge on any atom is -0.383 e. The smallest absolute Gasteiger partial charge is 0.253 e. The van der Waals surface area contributed by atoms with E-state index in [9.17, 15) is 9.59 Å². The lowest BCUT2D eigenvalue weighted by Crippen LogP contribution is -2.34. The molecule has 3 N–H and O–H groups in total. The van der Waals surface area contributed by atoms with Crippen molar-refractivity contribution in [2.45, 2.75) is 39.7 Å². The molecule has 0 aromatic carbocycles. The summed E-state index contributed by atoms with van der Waals surface area (Å²) in [5, 5.41) is 8.70. The molecule has 0 aliphatic carbocycles. The van der Waals surface area contributed by atoms with Gasteiger partial charge in [-0.05, 0) is 26.3 Å². The van der Waals surface area contributed by atoms with Crippen LogP contribution in [0.25, 0.3) is 0 Å². The van der Waals surface area contributed by atoms with Gasteiger partial charge >= 0.3 is 0 Å². The van der Waals surface area contributed by atoms with Crippen molar-refractivity contribution < 1.29 is 9.59 Å². The summed E-state index contributed by atoms with van der Waals surface area (Å²) in [4.78, 5) is 27.6. The van der Waals surface area contributed by atoms with Crippen molar-refractivity contribution in [3.05, 3.63) is 24.0 Å². The van der Waals surface area contributed by atoms with Crippen LogP contribution in [0.3, 0.4) is 0 Å². The average molecular weight is 292 g/mol. The van der Waals surface area contributed by atoms with Crippen LogP contribution < -0.4 is 16.0 Å². The molecular formula is C15H24N4O2. The summed E-state index contributed by atoms with van der Waals surface area (Å²) in [6, 6.07) is 1.78. The van der Waals surface area contributed by atoms with Crippen LogP contribution in [0, 0.1) is 0 Å². The lowest BCUT2D eigenvalue weighted by atomic mass is 10.2. The summed E-state index contributed by atoms with van der Waals surface area (Å²) < 4.78 is 0. The second kappa shape index (κ2) is 8.94. The number of nitrogens with one attached hydrogen (secondary N) is 3. The monoisotopic (exact) mass is 292 g/mol. The molecule has 0 unspecified atom stereocenters. The van der Waals surface area contributed by atoms with Crippen LogP contribution in [-0.4, -0.2) is 35.9 Å². The molecule has 2 amide bonds. The summed E-state index contributed by atoms with van der Waals surface area (Å²) >= 11 is 0. The molecule has 0 aliphatic rings. The highest BCUT2D eigenvalue weighted by Crippen LogP contribution is 2.13. The highest BCUT2D eigenvalue weighted by molar-refractivity contribution is 5.99. The van der Waals surface area contributed by atoms with Crippen LogP contribution in [0.2, 0.25) is 0 Å². The van der Waals surface area contributed by atoms with Crippen LogP contribution in [0.1, 0.15) is 44.0 Å². The first-order valence-electron chi connectivity index (χ1n) is 7.30. The Morgan fingerprint density at radius 3 is 2.71 bits per heavy atom. The normalized spacial score (nSPS) is 10.3. The summed E-state index contributed by atoms with van der Waals surface area (Å²) in [6.45, 7) is 6.95. The van der Waals surface area contributed by atoms with Crippen molar-refractivity contribution in [3.8, 4) is 0 Å². The number of pyridine rings is 1. The van der Waals surface area contributed by atoms with E-state index in [1.165, 1.54) is 0 Å². The first-order valence-corrected chi connectivity index (χ1v) is 7.30. The third kappa shape index (κ3) is 6.25. The molecular weight excluding hydrogens is 268 g/mol. The molecule has 0 spiro atoms. The molecule has 1 heterocycles. The Morgan fingerprint density at radius 2 is 2.05 bits per heavy atom. The highest BCUT2D eigenvalue weighted by atomic mass is 16.2. The van der Waals surface area contributed by atoms with E-state index in [0.717, 1.165) is 13.0 Å². The number of rotatable bonds is 8. The van der Waals surface area contributed by atoms with Crippen LogP contribution in [0.5, 0.6) is 0 Å². The number of hydrogen-bond donors (Lipinski definition) is 3. The predicted molar refractivity (Wildman–Crippen MR) is 83.2 cm³/mol. The lowest BCUT2D eigenvalue weighted by Gasteiger charge is -2.11.